The summed E-state index contributed by atoms with van der Waals surface area (Å²) in [5, 5.41) is 10.8. The Kier molecular flexibility index (Phi) is 5.60. The lowest BCUT2D eigenvalue weighted by Crippen LogP contribution is -2.34. The first-order chi connectivity index (χ1) is 9.69. The summed E-state index contributed by atoms with van der Waals surface area (Å²) in [6, 6.07) is 2.00. The summed E-state index contributed by atoms with van der Waals surface area (Å²) in [6.45, 7) is 2.80. The Morgan fingerprint density at radius 1 is 1.50 bits per heavy atom. The van der Waals surface area contributed by atoms with Crippen LogP contribution in [0.3, 0.4) is 0 Å². The molecule has 108 valence electrons. The predicted octanol–water partition coefficient (Wildman–Crippen LogP) is 1.18. The Bertz CT molecular complexity index is 507. The zero-order chi connectivity index (χ0) is 14.4. The van der Waals surface area contributed by atoms with Crippen LogP contribution in [-0.2, 0) is 11.3 Å². The van der Waals surface area contributed by atoms with Crippen LogP contribution in [0.2, 0.25) is 0 Å². The number of amides is 1. The van der Waals surface area contributed by atoms with Crippen molar-refractivity contribution in [3.8, 4) is 11.8 Å². The van der Waals surface area contributed by atoms with E-state index in [-0.39, 0.29) is 12.5 Å². The minimum atomic E-state index is -0.191. The van der Waals surface area contributed by atoms with Crippen molar-refractivity contribution in [3.05, 3.63) is 21.9 Å². The molecule has 1 aliphatic rings. The maximum atomic E-state index is 10.9. The number of hydrogen-bond donors (Lipinski definition) is 2. The molecule has 1 fully saturated rings. The third kappa shape index (κ3) is 4.34. The van der Waals surface area contributed by atoms with Gasteiger partial charge in [-0.05, 0) is 43.3 Å². The lowest BCUT2D eigenvalue weighted by molar-refractivity contribution is -0.119. The van der Waals surface area contributed by atoms with E-state index in [0.29, 0.717) is 12.3 Å². The van der Waals surface area contributed by atoms with E-state index < -0.39 is 0 Å². The van der Waals surface area contributed by atoms with Gasteiger partial charge >= 0.3 is 0 Å². The largest absolute Gasteiger partial charge is 0.384 e. The number of piperidine rings is 1. The zero-order valence-electron chi connectivity index (χ0n) is 11.5. The number of carbonyl (C=O) groups is 1. The van der Waals surface area contributed by atoms with Gasteiger partial charge in [0.25, 0.3) is 0 Å². The van der Waals surface area contributed by atoms with Crippen LogP contribution < -0.4 is 5.73 Å². The van der Waals surface area contributed by atoms with Crippen LogP contribution in [0.25, 0.3) is 0 Å². The summed E-state index contributed by atoms with van der Waals surface area (Å²) in [5.41, 5.74) is 6.26. The second kappa shape index (κ2) is 7.44. The maximum Gasteiger partial charge on any atom is 0.217 e. The number of nitrogens with zero attached hydrogens (tertiary/aromatic N) is 1. The molecule has 0 spiro atoms. The van der Waals surface area contributed by atoms with E-state index in [2.05, 4.69) is 16.7 Å². The van der Waals surface area contributed by atoms with Gasteiger partial charge in [0.2, 0.25) is 5.91 Å². The van der Waals surface area contributed by atoms with E-state index in [9.17, 15) is 4.79 Å². The van der Waals surface area contributed by atoms with E-state index in [4.69, 9.17) is 10.8 Å². The summed E-state index contributed by atoms with van der Waals surface area (Å²) in [6.07, 6.45) is 2.58. The molecule has 1 saturated heterocycles. The van der Waals surface area contributed by atoms with Gasteiger partial charge < -0.3 is 10.8 Å². The third-order valence-electron chi connectivity index (χ3n) is 3.61. The molecule has 1 aliphatic heterocycles. The van der Waals surface area contributed by atoms with Gasteiger partial charge in [-0.15, -0.1) is 11.3 Å². The average molecular weight is 292 g/mol. The number of aliphatic hydroxyl groups excluding tert-OH is 1. The summed E-state index contributed by atoms with van der Waals surface area (Å²) in [7, 11) is 0. The first-order valence-corrected chi connectivity index (χ1v) is 7.73. The average Bonchev–Trinajstić information content (AvgIpc) is 2.85. The highest BCUT2D eigenvalue weighted by Gasteiger charge is 2.21. The van der Waals surface area contributed by atoms with Crippen LogP contribution in [0.5, 0.6) is 0 Å². The minimum absolute atomic E-state index is 0.103. The molecule has 1 amide bonds. The molecule has 2 heterocycles. The van der Waals surface area contributed by atoms with Gasteiger partial charge in [-0.3, -0.25) is 9.69 Å². The lowest BCUT2D eigenvalue weighted by atomic mass is 9.93. The summed E-state index contributed by atoms with van der Waals surface area (Å²) in [4.78, 5) is 14.6. The van der Waals surface area contributed by atoms with Crippen LogP contribution >= 0.6 is 11.3 Å². The van der Waals surface area contributed by atoms with Crippen LogP contribution in [0.4, 0.5) is 0 Å². The standard InChI is InChI=1S/C15H20N2O2S/c16-15(19)10-12-3-6-17(7-4-12)11-14-13(2-1-8-18)5-9-20-14/h5,9,12,18H,3-4,6-8,10-11H2,(H2,16,19). The Labute approximate surface area is 123 Å². The second-order valence-electron chi connectivity index (χ2n) is 5.11. The fourth-order valence-electron chi connectivity index (χ4n) is 2.55. The Balaban J connectivity index is 1.86. The van der Waals surface area contributed by atoms with Crippen LogP contribution in [0, 0.1) is 17.8 Å². The number of likely N-dealkylation sites (tertiary alicyclic amines) is 1. The van der Waals surface area contributed by atoms with E-state index in [1.165, 1.54) is 4.88 Å². The highest BCUT2D eigenvalue weighted by atomic mass is 32.1. The molecule has 1 aromatic heterocycles. The summed E-state index contributed by atoms with van der Waals surface area (Å²) in [5.74, 6) is 5.94. The van der Waals surface area contributed by atoms with Crippen molar-refractivity contribution < 1.29 is 9.90 Å². The number of thiophene rings is 1. The first kappa shape index (κ1) is 15.0. The SMILES string of the molecule is NC(=O)CC1CCN(Cc2sccc2C#CCO)CC1. The van der Waals surface area contributed by atoms with E-state index in [0.717, 1.165) is 38.0 Å². The van der Waals surface area contributed by atoms with E-state index in [1.54, 1.807) is 11.3 Å². The van der Waals surface area contributed by atoms with Crippen molar-refractivity contribution in [2.24, 2.45) is 11.7 Å². The summed E-state index contributed by atoms with van der Waals surface area (Å²) >= 11 is 1.71. The van der Waals surface area contributed by atoms with Gasteiger partial charge in [0.05, 0.1) is 0 Å². The maximum absolute atomic E-state index is 10.9. The Hall–Kier alpha value is -1.35. The first-order valence-electron chi connectivity index (χ1n) is 6.85. The molecular weight excluding hydrogens is 272 g/mol. The van der Waals surface area contributed by atoms with Crippen molar-refractivity contribution in [2.45, 2.75) is 25.8 Å². The molecule has 0 atom stereocenters. The molecular formula is C15H20N2O2S. The number of rotatable bonds is 4. The van der Waals surface area contributed by atoms with Crippen molar-refractivity contribution in [1.82, 2.24) is 4.90 Å². The quantitative estimate of drug-likeness (QED) is 0.819. The highest BCUT2D eigenvalue weighted by Crippen LogP contribution is 2.24. The van der Waals surface area contributed by atoms with Crippen molar-refractivity contribution >= 4 is 17.2 Å². The molecule has 1 aromatic rings. The van der Waals surface area contributed by atoms with Crippen LogP contribution in [0.15, 0.2) is 11.4 Å². The third-order valence-corrected chi connectivity index (χ3v) is 4.52. The number of primary amides is 1. The normalized spacial score (nSPS) is 16.6. The monoisotopic (exact) mass is 292 g/mol. The van der Waals surface area contributed by atoms with Crippen LogP contribution in [-0.4, -0.2) is 35.6 Å². The molecule has 20 heavy (non-hydrogen) atoms. The fraction of sp³-hybridized carbons (Fsp3) is 0.533. The van der Waals surface area contributed by atoms with Crippen LogP contribution in [0.1, 0.15) is 29.7 Å². The molecule has 0 aliphatic carbocycles. The molecule has 4 nitrogen and oxygen atoms in total. The second-order valence-corrected chi connectivity index (χ2v) is 6.11. The number of aliphatic hydroxyl groups is 1. The molecule has 0 radical (unpaired) electrons. The smallest absolute Gasteiger partial charge is 0.217 e. The fourth-order valence-corrected chi connectivity index (χ4v) is 3.42. The van der Waals surface area contributed by atoms with Crippen molar-refractivity contribution in [1.29, 1.82) is 0 Å². The lowest BCUT2D eigenvalue weighted by Gasteiger charge is -2.31. The number of nitrogens with two attached hydrogens (primary N) is 1. The van der Waals surface area contributed by atoms with Gasteiger partial charge in [0.1, 0.15) is 6.61 Å². The minimum Gasteiger partial charge on any atom is -0.384 e. The van der Waals surface area contributed by atoms with Gasteiger partial charge in [-0.2, -0.15) is 0 Å². The van der Waals surface area contributed by atoms with Gasteiger partial charge in [0.15, 0.2) is 0 Å². The number of carbonyl (C=O) groups excluding carboxylic acids is 1. The molecule has 2 rings (SSSR count). The van der Waals surface area contributed by atoms with Crippen molar-refractivity contribution in [2.75, 3.05) is 19.7 Å². The molecule has 5 heteroatoms. The van der Waals surface area contributed by atoms with Gasteiger partial charge in [0, 0.05) is 23.4 Å². The molecule has 0 bridgehead atoms. The molecule has 0 aromatic carbocycles. The highest BCUT2D eigenvalue weighted by molar-refractivity contribution is 7.10. The van der Waals surface area contributed by atoms with Gasteiger partial charge in [-0.25, -0.2) is 0 Å². The number of hydrogen-bond acceptors (Lipinski definition) is 4. The molecule has 3 N–H and O–H groups in total. The Morgan fingerprint density at radius 3 is 2.90 bits per heavy atom. The van der Waals surface area contributed by atoms with Crippen molar-refractivity contribution in [3.63, 3.8) is 0 Å². The van der Waals surface area contributed by atoms with E-state index >= 15 is 0 Å². The topological polar surface area (TPSA) is 66.6 Å². The van der Waals surface area contributed by atoms with Gasteiger partial charge in [-0.1, -0.05) is 11.8 Å². The van der Waals surface area contributed by atoms with E-state index in [1.807, 2.05) is 11.4 Å². The predicted molar refractivity (Wildman–Crippen MR) is 80.1 cm³/mol. The summed E-state index contributed by atoms with van der Waals surface area (Å²) < 4.78 is 0. The molecule has 0 unspecified atom stereocenters. The molecule has 0 saturated carbocycles. The zero-order valence-corrected chi connectivity index (χ0v) is 12.3. The Morgan fingerprint density at radius 2 is 2.25 bits per heavy atom.